The van der Waals surface area contributed by atoms with E-state index in [-0.39, 0.29) is 0 Å². The summed E-state index contributed by atoms with van der Waals surface area (Å²) in [5, 5.41) is 4.48. The van der Waals surface area contributed by atoms with Crippen molar-refractivity contribution < 1.29 is 0 Å². The van der Waals surface area contributed by atoms with Gasteiger partial charge in [0.25, 0.3) is 0 Å². The van der Waals surface area contributed by atoms with Crippen molar-refractivity contribution in [1.82, 2.24) is 5.32 Å². The monoisotopic (exact) mass is 265 g/mol. The SMILES string of the molecule is CC1CCCC(CN[C@@H](C)c2ccc(Cl)cc2)C1. The van der Waals surface area contributed by atoms with Crippen molar-refractivity contribution in [3.8, 4) is 0 Å². The Kier molecular flexibility index (Phi) is 5.08. The summed E-state index contributed by atoms with van der Waals surface area (Å²) in [7, 11) is 0. The van der Waals surface area contributed by atoms with Crippen LogP contribution in [0.25, 0.3) is 0 Å². The van der Waals surface area contributed by atoms with E-state index in [9.17, 15) is 0 Å². The predicted octanol–water partition coefficient (Wildman–Crippen LogP) is 4.82. The average Bonchev–Trinajstić information content (AvgIpc) is 2.37. The van der Waals surface area contributed by atoms with E-state index >= 15 is 0 Å². The van der Waals surface area contributed by atoms with E-state index < -0.39 is 0 Å². The first kappa shape index (κ1) is 13.9. The lowest BCUT2D eigenvalue weighted by atomic mass is 9.82. The van der Waals surface area contributed by atoms with Crippen LogP contribution < -0.4 is 5.32 Å². The third kappa shape index (κ3) is 4.00. The van der Waals surface area contributed by atoms with Gasteiger partial charge in [-0.3, -0.25) is 0 Å². The molecule has 1 aliphatic carbocycles. The molecule has 18 heavy (non-hydrogen) atoms. The molecule has 1 aromatic rings. The van der Waals surface area contributed by atoms with Gasteiger partial charge in [-0.1, -0.05) is 43.5 Å². The summed E-state index contributed by atoms with van der Waals surface area (Å²) in [4.78, 5) is 0. The second kappa shape index (κ2) is 6.58. The van der Waals surface area contributed by atoms with Gasteiger partial charge in [0.15, 0.2) is 0 Å². The summed E-state index contributed by atoms with van der Waals surface area (Å²) in [5.74, 6) is 1.78. The van der Waals surface area contributed by atoms with E-state index in [0.29, 0.717) is 6.04 Å². The summed E-state index contributed by atoms with van der Waals surface area (Å²) in [5.41, 5.74) is 1.32. The second-order valence-electron chi connectivity index (χ2n) is 5.82. The molecule has 0 amide bonds. The third-order valence-corrected chi connectivity index (χ3v) is 4.38. The Morgan fingerprint density at radius 1 is 1.28 bits per heavy atom. The molecule has 0 aromatic heterocycles. The van der Waals surface area contributed by atoms with E-state index in [4.69, 9.17) is 11.6 Å². The van der Waals surface area contributed by atoms with Crippen LogP contribution in [0.5, 0.6) is 0 Å². The molecule has 1 nitrogen and oxygen atoms in total. The fourth-order valence-corrected chi connectivity index (χ4v) is 3.08. The molecule has 0 heterocycles. The molecule has 1 aliphatic rings. The van der Waals surface area contributed by atoms with Crippen LogP contribution in [0.3, 0.4) is 0 Å². The first-order valence-electron chi connectivity index (χ1n) is 7.14. The smallest absolute Gasteiger partial charge is 0.0406 e. The van der Waals surface area contributed by atoms with Crippen LogP contribution in [0.2, 0.25) is 5.02 Å². The van der Waals surface area contributed by atoms with Crippen molar-refractivity contribution in [3.05, 3.63) is 34.9 Å². The zero-order valence-corrected chi connectivity index (χ0v) is 12.2. The first-order valence-corrected chi connectivity index (χ1v) is 7.52. The van der Waals surface area contributed by atoms with E-state index in [1.54, 1.807) is 0 Å². The molecule has 1 fully saturated rings. The molecule has 100 valence electrons. The van der Waals surface area contributed by atoms with Crippen LogP contribution in [0.1, 0.15) is 51.1 Å². The Bertz CT molecular complexity index is 360. The van der Waals surface area contributed by atoms with Gasteiger partial charge >= 0.3 is 0 Å². The molecule has 0 bridgehead atoms. The van der Waals surface area contributed by atoms with Gasteiger partial charge in [-0.25, -0.2) is 0 Å². The molecule has 0 radical (unpaired) electrons. The zero-order valence-electron chi connectivity index (χ0n) is 11.5. The lowest BCUT2D eigenvalue weighted by Crippen LogP contribution is -2.28. The van der Waals surface area contributed by atoms with Crippen molar-refractivity contribution in [1.29, 1.82) is 0 Å². The highest BCUT2D eigenvalue weighted by Crippen LogP contribution is 2.28. The molecule has 1 saturated carbocycles. The van der Waals surface area contributed by atoms with Crippen molar-refractivity contribution in [2.45, 2.75) is 45.6 Å². The van der Waals surface area contributed by atoms with Crippen LogP contribution in [-0.2, 0) is 0 Å². The fraction of sp³-hybridized carbons (Fsp3) is 0.625. The lowest BCUT2D eigenvalue weighted by molar-refractivity contribution is 0.268. The Morgan fingerprint density at radius 3 is 2.67 bits per heavy atom. The van der Waals surface area contributed by atoms with Gasteiger partial charge in [0.1, 0.15) is 0 Å². The highest BCUT2D eigenvalue weighted by atomic mass is 35.5. The van der Waals surface area contributed by atoms with Gasteiger partial charge in [-0.15, -0.1) is 0 Å². The molecule has 0 aliphatic heterocycles. The molecular formula is C16H24ClN. The van der Waals surface area contributed by atoms with Crippen LogP contribution in [-0.4, -0.2) is 6.54 Å². The standard InChI is InChI=1S/C16H24ClN/c1-12-4-3-5-14(10-12)11-18-13(2)15-6-8-16(17)9-7-15/h6-9,12-14,18H,3-5,10-11H2,1-2H3/t12?,13-,14?/m0/s1. The average molecular weight is 266 g/mol. The minimum absolute atomic E-state index is 0.416. The van der Waals surface area contributed by atoms with Crippen LogP contribution in [0, 0.1) is 11.8 Å². The largest absolute Gasteiger partial charge is 0.310 e. The fourth-order valence-electron chi connectivity index (χ4n) is 2.96. The molecule has 2 rings (SSSR count). The van der Waals surface area contributed by atoms with Crippen LogP contribution in [0.4, 0.5) is 0 Å². The molecule has 1 aromatic carbocycles. The van der Waals surface area contributed by atoms with E-state index in [1.165, 1.54) is 31.2 Å². The number of benzene rings is 1. The molecule has 1 N–H and O–H groups in total. The highest BCUT2D eigenvalue weighted by molar-refractivity contribution is 6.30. The summed E-state index contributed by atoms with van der Waals surface area (Å²) in [6, 6.07) is 8.59. The maximum atomic E-state index is 5.91. The Hall–Kier alpha value is -0.530. The predicted molar refractivity (Wildman–Crippen MR) is 79.0 cm³/mol. The van der Waals surface area contributed by atoms with Gasteiger partial charge in [0, 0.05) is 11.1 Å². The zero-order chi connectivity index (χ0) is 13.0. The normalized spacial score (nSPS) is 25.9. The highest BCUT2D eigenvalue weighted by Gasteiger charge is 2.19. The summed E-state index contributed by atoms with van der Waals surface area (Å²) >= 11 is 5.91. The second-order valence-corrected chi connectivity index (χ2v) is 6.26. The Morgan fingerprint density at radius 2 is 2.00 bits per heavy atom. The minimum Gasteiger partial charge on any atom is -0.310 e. The van der Waals surface area contributed by atoms with Crippen molar-refractivity contribution in [2.75, 3.05) is 6.54 Å². The van der Waals surface area contributed by atoms with Crippen molar-refractivity contribution in [2.24, 2.45) is 11.8 Å². The number of halogens is 1. The van der Waals surface area contributed by atoms with Gasteiger partial charge in [-0.05, 0) is 55.8 Å². The third-order valence-electron chi connectivity index (χ3n) is 4.13. The van der Waals surface area contributed by atoms with E-state index in [1.807, 2.05) is 12.1 Å². The van der Waals surface area contributed by atoms with E-state index in [0.717, 1.165) is 23.4 Å². The molecule has 0 saturated heterocycles. The van der Waals surface area contributed by atoms with Crippen LogP contribution in [0.15, 0.2) is 24.3 Å². The van der Waals surface area contributed by atoms with Crippen molar-refractivity contribution in [3.63, 3.8) is 0 Å². The maximum Gasteiger partial charge on any atom is 0.0406 e. The number of hydrogen-bond donors (Lipinski definition) is 1. The number of nitrogens with one attached hydrogen (secondary N) is 1. The molecule has 2 heteroatoms. The Labute approximate surface area is 116 Å². The van der Waals surface area contributed by atoms with Gasteiger partial charge < -0.3 is 5.32 Å². The topological polar surface area (TPSA) is 12.0 Å². The summed E-state index contributed by atoms with van der Waals surface area (Å²) < 4.78 is 0. The van der Waals surface area contributed by atoms with Crippen LogP contribution >= 0.6 is 11.6 Å². The summed E-state index contributed by atoms with van der Waals surface area (Å²) in [6.07, 6.45) is 5.61. The molecular weight excluding hydrogens is 242 g/mol. The minimum atomic E-state index is 0.416. The first-order chi connectivity index (χ1) is 8.65. The van der Waals surface area contributed by atoms with E-state index in [2.05, 4.69) is 31.3 Å². The van der Waals surface area contributed by atoms with Gasteiger partial charge in [-0.2, -0.15) is 0 Å². The quantitative estimate of drug-likeness (QED) is 0.823. The number of rotatable bonds is 4. The lowest BCUT2D eigenvalue weighted by Gasteiger charge is -2.28. The van der Waals surface area contributed by atoms with Crippen molar-refractivity contribution >= 4 is 11.6 Å². The molecule has 0 spiro atoms. The van der Waals surface area contributed by atoms with Gasteiger partial charge in [0.05, 0.1) is 0 Å². The summed E-state index contributed by atoms with van der Waals surface area (Å²) in [6.45, 7) is 5.76. The van der Waals surface area contributed by atoms with Gasteiger partial charge in [0.2, 0.25) is 0 Å². The molecule has 2 unspecified atom stereocenters. The maximum absolute atomic E-state index is 5.91. The number of hydrogen-bond acceptors (Lipinski definition) is 1. The Balaban J connectivity index is 1.80. The molecule has 3 atom stereocenters.